The highest BCUT2D eigenvalue weighted by Gasteiger charge is 2.16. The lowest BCUT2D eigenvalue weighted by atomic mass is 10.1. The van der Waals surface area contributed by atoms with Gasteiger partial charge in [0.25, 0.3) is 11.7 Å². The number of esters is 1. The monoisotopic (exact) mass is 353 g/mol. The molecule has 3 rings (SSSR count). The van der Waals surface area contributed by atoms with Crippen molar-refractivity contribution in [3.05, 3.63) is 53.1 Å². The molecule has 0 spiro atoms. The Morgan fingerprint density at radius 1 is 1.23 bits per heavy atom. The van der Waals surface area contributed by atoms with Crippen molar-refractivity contribution in [2.75, 3.05) is 11.9 Å². The smallest absolute Gasteiger partial charge is 0.310 e. The Morgan fingerprint density at radius 3 is 2.81 bits per heavy atom. The van der Waals surface area contributed by atoms with Gasteiger partial charge in [0.1, 0.15) is 6.33 Å². The van der Waals surface area contributed by atoms with Crippen molar-refractivity contribution in [2.45, 2.75) is 27.2 Å². The average Bonchev–Trinajstić information content (AvgIpc) is 3.05. The summed E-state index contributed by atoms with van der Waals surface area (Å²) in [4.78, 5) is 32.4. The van der Waals surface area contributed by atoms with Crippen molar-refractivity contribution < 1.29 is 14.3 Å². The molecule has 1 N–H and O–H groups in total. The lowest BCUT2D eigenvalue weighted by Gasteiger charge is -2.10. The number of anilines is 1. The fraction of sp³-hybridized carbons (Fsp3) is 0.278. The molecule has 2 aromatic heterocycles. The average molecular weight is 353 g/mol. The first-order valence-electron chi connectivity index (χ1n) is 8.12. The minimum absolute atomic E-state index is 0.0121. The second kappa shape index (κ2) is 7.30. The molecule has 0 fully saturated rings. The third-order valence-corrected chi connectivity index (χ3v) is 3.98. The molecule has 0 radical (unpaired) electrons. The summed E-state index contributed by atoms with van der Waals surface area (Å²) in [6.45, 7) is 5.22. The fourth-order valence-corrected chi connectivity index (χ4v) is 2.67. The van der Waals surface area contributed by atoms with Crippen molar-refractivity contribution in [3.8, 4) is 0 Å². The molecule has 1 amide bonds. The molecule has 0 bridgehead atoms. The molecule has 0 atom stereocenters. The van der Waals surface area contributed by atoms with E-state index in [-0.39, 0.29) is 18.9 Å². The highest BCUT2D eigenvalue weighted by Crippen LogP contribution is 2.14. The molecular weight excluding hydrogens is 334 g/mol. The first kappa shape index (κ1) is 17.5. The van der Waals surface area contributed by atoms with Gasteiger partial charge in [-0.15, -0.1) is 0 Å². The predicted octanol–water partition coefficient (Wildman–Crippen LogP) is 1.77. The number of benzene rings is 1. The highest BCUT2D eigenvalue weighted by atomic mass is 16.5. The van der Waals surface area contributed by atoms with Gasteiger partial charge in [-0.2, -0.15) is 10.1 Å². The Labute approximate surface area is 150 Å². The van der Waals surface area contributed by atoms with Crippen LogP contribution in [0.4, 0.5) is 5.69 Å². The number of hydrogen-bond donors (Lipinski definition) is 1. The van der Waals surface area contributed by atoms with Crippen molar-refractivity contribution >= 4 is 23.3 Å². The van der Waals surface area contributed by atoms with Crippen LogP contribution in [-0.2, 0) is 20.7 Å². The predicted molar refractivity (Wildman–Crippen MR) is 94.7 cm³/mol. The summed E-state index contributed by atoms with van der Waals surface area (Å²) in [6.07, 6.45) is 1.42. The van der Waals surface area contributed by atoms with Gasteiger partial charge in [-0.1, -0.05) is 12.1 Å². The number of ether oxygens (including phenoxy) is 1. The minimum Gasteiger partial charge on any atom is -0.455 e. The van der Waals surface area contributed by atoms with Gasteiger partial charge in [0.15, 0.2) is 6.61 Å². The molecule has 0 unspecified atom stereocenters. The standard InChI is InChI=1S/C18H19N5O3/c1-11-5-4-6-14(7-11)22-16(24)9-26-17(25)8-15-12(2)21-18-19-10-20-23(18)13(15)3/h4-7,10H,8-9H2,1-3H3,(H,22,24). The molecule has 8 nitrogen and oxygen atoms in total. The van der Waals surface area contributed by atoms with Gasteiger partial charge in [-0.25, -0.2) is 9.50 Å². The zero-order valence-electron chi connectivity index (χ0n) is 14.8. The first-order valence-corrected chi connectivity index (χ1v) is 8.12. The summed E-state index contributed by atoms with van der Waals surface area (Å²) in [5.74, 6) is -0.409. The Morgan fingerprint density at radius 2 is 2.04 bits per heavy atom. The molecule has 2 heterocycles. The summed E-state index contributed by atoms with van der Waals surface area (Å²) in [5.41, 5.74) is 3.86. The number of hydrogen-bond acceptors (Lipinski definition) is 6. The van der Waals surface area contributed by atoms with Crippen LogP contribution in [0.15, 0.2) is 30.6 Å². The van der Waals surface area contributed by atoms with Crippen LogP contribution in [0.5, 0.6) is 0 Å². The molecule has 0 aliphatic carbocycles. The third kappa shape index (κ3) is 3.85. The van der Waals surface area contributed by atoms with Gasteiger partial charge in [0.05, 0.1) is 6.42 Å². The summed E-state index contributed by atoms with van der Waals surface area (Å²) in [5, 5.41) is 6.78. The van der Waals surface area contributed by atoms with Gasteiger partial charge in [-0.3, -0.25) is 9.59 Å². The van der Waals surface area contributed by atoms with Crippen LogP contribution in [0.25, 0.3) is 5.78 Å². The van der Waals surface area contributed by atoms with E-state index in [4.69, 9.17) is 4.74 Å². The normalized spacial score (nSPS) is 10.7. The molecule has 1 aromatic carbocycles. The molecule has 134 valence electrons. The lowest BCUT2D eigenvalue weighted by Crippen LogP contribution is -2.22. The van der Waals surface area contributed by atoms with Gasteiger partial charge in [-0.05, 0) is 38.5 Å². The SMILES string of the molecule is Cc1cccc(NC(=O)COC(=O)Cc2c(C)nc3ncnn3c2C)c1. The van der Waals surface area contributed by atoms with E-state index in [0.29, 0.717) is 22.7 Å². The second-order valence-corrected chi connectivity index (χ2v) is 5.99. The van der Waals surface area contributed by atoms with Crippen LogP contribution in [0.3, 0.4) is 0 Å². The van der Waals surface area contributed by atoms with Crippen molar-refractivity contribution in [1.29, 1.82) is 0 Å². The van der Waals surface area contributed by atoms with E-state index in [2.05, 4.69) is 20.4 Å². The van der Waals surface area contributed by atoms with E-state index in [9.17, 15) is 9.59 Å². The lowest BCUT2D eigenvalue weighted by molar-refractivity contribution is -0.146. The number of nitrogens with one attached hydrogen (secondary N) is 1. The fourth-order valence-electron chi connectivity index (χ4n) is 2.67. The van der Waals surface area contributed by atoms with Gasteiger partial charge >= 0.3 is 5.97 Å². The summed E-state index contributed by atoms with van der Waals surface area (Å²) in [6, 6.07) is 7.39. The quantitative estimate of drug-likeness (QED) is 0.702. The number of carbonyl (C=O) groups excluding carboxylic acids is 2. The summed E-state index contributed by atoms with van der Waals surface area (Å²) in [7, 11) is 0. The topological polar surface area (TPSA) is 98.5 Å². The minimum atomic E-state index is -0.503. The van der Waals surface area contributed by atoms with Crippen LogP contribution in [0.1, 0.15) is 22.5 Å². The van der Waals surface area contributed by atoms with Gasteiger partial charge < -0.3 is 10.1 Å². The molecule has 3 aromatic rings. The van der Waals surface area contributed by atoms with Gasteiger partial charge in [0, 0.05) is 22.6 Å². The molecular formula is C18H19N5O3. The molecule has 26 heavy (non-hydrogen) atoms. The maximum absolute atomic E-state index is 12.1. The zero-order valence-corrected chi connectivity index (χ0v) is 14.8. The number of rotatable bonds is 5. The Kier molecular flexibility index (Phi) is 4.92. The number of nitrogens with zero attached hydrogens (tertiary/aromatic N) is 4. The maximum atomic E-state index is 12.1. The van der Waals surface area contributed by atoms with Crippen molar-refractivity contribution in [1.82, 2.24) is 19.6 Å². The summed E-state index contributed by atoms with van der Waals surface area (Å²) < 4.78 is 6.66. The Bertz CT molecular complexity index is 980. The first-order chi connectivity index (χ1) is 12.4. The van der Waals surface area contributed by atoms with E-state index in [1.165, 1.54) is 6.33 Å². The summed E-state index contributed by atoms with van der Waals surface area (Å²) >= 11 is 0. The zero-order chi connectivity index (χ0) is 18.7. The van der Waals surface area contributed by atoms with Gasteiger partial charge in [0.2, 0.25) is 0 Å². The van der Waals surface area contributed by atoms with Crippen LogP contribution in [-0.4, -0.2) is 38.1 Å². The van der Waals surface area contributed by atoms with E-state index in [1.807, 2.05) is 32.0 Å². The van der Waals surface area contributed by atoms with E-state index < -0.39 is 5.97 Å². The van der Waals surface area contributed by atoms with E-state index in [0.717, 1.165) is 11.3 Å². The van der Waals surface area contributed by atoms with Crippen LogP contribution >= 0.6 is 0 Å². The number of aromatic nitrogens is 4. The number of amides is 1. The Hall–Kier alpha value is -3.29. The molecule has 0 saturated heterocycles. The largest absolute Gasteiger partial charge is 0.455 e. The number of fused-ring (bicyclic) bond motifs is 1. The van der Waals surface area contributed by atoms with Crippen molar-refractivity contribution in [3.63, 3.8) is 0 Å². The van der Waals surface area contributed by atoms with Crippen LogP contribution in [0, 0.1) is 20.8 Å². The van der Waals surface area contributed by atoms with Crippen molar-refractivity contribution in [2.24, 2.45) is 0 Å². The third-order valence-electron chi connectivity index (χ3n) is 3.98. The molecule has 0 aliphatic heterocycles. The molecule has 0 saturated carbocycles. The molecule has 8 heteroatoms. The van der Waals surface area contributed by atoms with Crippen LogP contribution < -0.4 is 5.32 Å². The van der Waals surface area contributed by atoms with Crippen LogP contribution in [0.2, 0.25) is 0 Å². The second-order valence-electron chi connectivity index (χ2n) is 5.99. The molecule has 0 aliphatic rings. The number of aryl methyl sites for hydroxylation is 3. The number of carbonyl (C=O) groups is 2. The maximum Gasteiger partial charge on any atom is 0.310 e. The van der Waals surface area contributed by atoms with E-state index >= 15 is 0 Å². The highest BCUT2D eigenvalue weighted by molar-refractivity contribution is 5.93. The van der Waals surface area contributed by atoms with E-state index in [1.54, 1.807) is 17.5 Å². The Balaban J connectivity index is 1.60.